The maximum Gasteiger partial charge on any atom is 0.273 e. The van der Waals surface area contributed by atoms with Gasteiger partial charge in [-0.05, 0) is 47.7 Å². The number of anilines is 1. The van der Waals surface area contributed by atoms with Gasteiger partial charge in [-0.1, -0.05) is 55.0 Å². The van der Waals surface area contributed by atoms with Crippen molar-refractivity contribution in [2.24, 2.45) is 0 Å². The number of fused-ring (bicyclic) bond motifs is 2. The normalized spacial score (nSPS) is 15.6. The summed E-state index contributed by atoms with van der Waals surface area (Å²) in [5, 5.41) is 0.529. The molecule has 6 rings (SSSR count). The van der Waals surface area contributed by atoms with Crippen LogP contribution in [0.15, 0.2) is 71.6 Å². The minimum atomic E-state index is -3.71. The second-order valence-electron chi connectivity index (χ2n) is 9.34. The van der Waals surface area contributed by atoms with E-state index in [-0.39, 0.29) is 28.5 Å². The van der Waals surface area contributed by atoms with Crippen LogP contribution in [0.2, 0.25) is 0 Å². The predicted octanol–water partition coefficient (Wildman–Crippen LogP) is 3.87. The molecule has 0 saturated heterocycles. The Kier molecular flexibility index (Phi) is 5.46. The van der Waals surface area contributed by atoms with Crippen LogP contribution in [0.4, 0.5) is 5.95 Å². The summed E-state index contributed by atoms with van der Waals surface area (Å²) in [6.07, 6.45) is 2.73. The van der Waals surface area contributed by atoms with E-state index in [2.05, 4.69) is 14.7 Å². The van der Waals surface area contributed by atoms with Gasteiger partial charge in [0.2, 0.25) is 16.0 Å². The van der Waals surface area contributed by atoms with Crippen LogP contribution in [-0.4, -0.2) is 35.2 Å². The SMILES string of the molecule is Nc1nc(C(=O)N2Cc3ccccc3C2)c2cc(-c3ccccc3S(=O)(=O)NC3CCC3)ccc2n1. The quantitative estimate of drug-likeness (QED) is 0.430. The number of amides is 1. The molecule has 1 amide bonds. The molecule has 36 heavy (non-hydrogen) atoms. The van der Waals surface area contributed by atoms with Gasteiger partial charge >= 0.3 is 0 Å². The summed E-state index contributed by atoms with van der Waals surface area (Å²) in [7, 11) is -3.71. The van der Waals surface area contributed by atoms with Crippen molar-refractivity contribution in [3.8, 4) is 11.1 Å². The number of carbonyl (C=O) groups excluding carboxylic acids is 1. The average Bonchev–Trinajstić information content (AvgIpc) is 3.30. The molecule has 8 nitrogen and oxygen atoms in total. The molecular weight excluding hydrogens is 474 g/mol. The van der Waals surface area contributed by atoms with Crippen LogP contribution < -0.4 is 10.5 Å². The minimum Gasteiger partial charge on any atom is -0.368 e. The molecule has 2 heterocycles. The molecule has 3 N–H and O–H groups in total. The Hall–Kier alpha value is -3.82. The van der Waals surface area contributed by atoms with Crippen molar-refractivity contribution in [1.82, 2.24) is 19.6 Å². The Bertz CT molecular complexity index is 1590. The first kappa shape index (κ1) is 22.6. The van der Waals surface area contributed by atoms with Gasteiger partial charge in [0.1, 0.15) is 5.69 Å². The molecule has 4 aromatic rings. The first-order valence-corrected chi connectivity index (χ1v) is 13.4. The van der Waals surface area contributed by atoms with Crippen molar-refractivity contribution in [2.75, 3.05) is 5.73 Å². The van der Waals surface area contributed by atoms with E-state index in [0.29, 0.717) is 35.1 Å². The van der Waals surface area contributed by atoms with E-state index in [1.54, 1.807) is 47.4 Å². The van der Waals surface area contributed by atoms with Crippen LogP contribution in [0.5, 0.6) is 0 Å². The molecule has 1 aromatic heterocycles. The lowest BCUT2D eigenvalue weighted by molar-refractivity contribution is 0.0747. The fraction of sp³-hybridized carbons (Fsp3) is 0.222. The third-order valence-corrected chi connectivity index (χ3v) is 8.54. The van der Waals surface area contributed by atoms with Crippen LogP contribution in [0.3, 0.4) is 0 Å². The maximum absolute atomic E-state index is 13.6. The van der Waals surface area contributed by atoms with Crippen molar-refractivity contribution in [1.29, 1.82) is 0 Å². The van der Waals surface area contributed by atoms with Crippen LogP contribution in [0.1, 0.15) is 40.9 Å². The van der Waals surface area contributed by atoms with Crippen LogP contribution in [0, 0.1) is 0 Å². The number of rotatable bonds is 5. The molecule has 0 radical (unpaired) electrons. The third-order valence-electron chi connectivity index (χ3n) is 6.96. The van der Waals surface area contributed by atoms with Crippen molar-refractivity contribution in [3.05, 3.63) is 83.6 Å². The van der Waals surface area contributed by atoms with Crippen LogP contribution in [-0.2, 0) is 23.1 Å². The Morgan fingerprint density at radius 2 is 1.64 bits per heavy atom. The van der Waals surface area contributed by atoms with Gasteiger partial charge in [-0.25, -0.2) is 23.1 Å². The number of aromatic nitrogens is 2. The monoisotopic (exact) mass is 499 g/mol. The molecule has 182 valence electrons. The molecule has 3 aromatic carbocycles. The average molecular weight is 500 g/mol. The molecule has 1 aliphatic heterocycles. The van der Waals surface area contributed by atoms with Gasteiger partial charge in [0.05, 0.1) is 10.4 Å². The van der Waals surface area contributed by atoms with E-state index >= 15 is 0 Å². The van der Waals surface area contributed by atoms with Crippen molar-refractivity contribution in [3.63, 3.8) is 0 Å². The van der Waals surface area contributed by atoms with Gasteiger partial charge in [0.15, 0.2) is 0 Å². The van der Waals surface area contributed by atoms with E-state index in [9.17, 15) is 13.2 Å². The number of carbonyl (C=O) groups is 1. The zero-order valence-electron chi connectivity index (χ0n) is 19.5. The summed E-state index contributed by atoms with van der Waals surface area (Å²) >= 11 is 0. The zero-order valence-corrected chi connectivity index (χ0v) is 20.3. The van der Waals surface area contributed by atoms with Crippen LogP contribution in [0.25, 0.3) is 22.0 Å². The fourth-order valence-corrected chi connectivity index (χ4v) is 6.39. The number of nitrogens with two attached hydrogens (primary N) is 1. The molecule has 0 unspecified atom stereocenters. The summed E-state index contributed by atoms with van der Waals surface area (Å²) in [6, 6.07) is 20.1. The van der Waals surface area contributed by atoms with Gasteiger partial charge in [0.25, 0.3) is 5.91 Å². The van der Waals surface area contributed by atoms with Gasteiger partial charge in [-0.3, -0.25) is 4.79 Å². The number of nitrogens with zero attached hydrogens (tertiary/aromatic N) is 3. The van der Waals surface area contributed by atoms with Gasteiger partial charge < -0.3 is 10.6 Å². The first-order chi connectivity index (χ1) is 17.4. The van der Waals surface area contributed by atoms with Crippen LogP contribution >= 0.6 is 0 Å². The second-order valence-corrected chi connectivity index (χ2v) is 11.0. The summed E-state index contributed by atoms with van der Waals surface area (Å²) in [6.45, 7) is 0.988. The number of benzene rings is 3. The summed E-state index contributed by atoms with van der Waals surface area (Å²) in [4.78, 5) is 24.2. The molecule has 9 heteroatoms. The highest BCUT2D eigenvalue weighted by Gasteiger charge is 2.29. The predicted molar refractivity (Wildman–Crippen MR) is 137 cm³/mol. The molecule has 1 saturated carbocycles. The van der Waals surface area contributed by atoms with E-state index in [1.165, 1.54) is 0 Å². The van der Waals surface area contributed by atoms with Crippen molar-refractivity contribution < 1.29 is 13.2 Å². The van der Waals surface area contributed by atoms with Gasteiger partial charge in [-0.2, -0.15) is 0 Å². The number of nitrogen functional groups attached to an aromatic ring is 1. The van der Waals surface area contributed by atoms with E-state index < -0.39 is 10.0 Å². The zero-order chi connectivity index (χ0) is 24.9. The lowest BCUT2D eigenvalue weighted by Crippen LogP contribution is -2.39. The third kappa shape index (κ3) is 4.00. The van der Waals surface area contributed by atoms with Crippen molar-refractivity contribution in [2.45, 2.75) is 43.3 Å². The Labute approximate surface area is 209 Å². The number of hydrogen-bond acceptors (Lipinski definition) is 6. The smallest absolute Gasteiger partial charge is 0.273 e. The van der Waals surface area contributed by atoms with Gasteiger partial charge in [0, 0.05) is 30.1 Å². The fourth-order valence-electron chi connectivity index (χ4n) is 4.85. The van der Waals surface area contributed by atoms with E-state index in [1.807, 2.05) is 24.3 Å². The molecule has 2 aliphatic rings. The Morgan fingerprint density at radius 3 is 2.33 bits per heavy atom. The molecule has 1 aliphatic carbocycles. The second kappa shape index (κ2) is 8.69. The first-order valence-electron chi connectivity index (χ1n) is 11.9. The standard InChI is InChI=1S/C27H25N5O3S/c28-27-29-23-13-12-17(21-10-3-4-11-24(21)36(34,35)31-20-8-5-9-20)14-22(23)25(30-27)26(33)32-15-18-6-1-2-7-19(18)16-32/h1-4,6-7,10-14,20,31H,5,8-9,15-16H2,(H2,28,29,30). The summed E-state index contributed by atoms with van der Waals surface area (Å²) in [5.41, 5.74) is 10.1. The minimum absolute atomic E-state index is 0.0167. The molecule has 0 spiro atoms. The molecular formula is C27H25N5O3S. The van der Waals surface area contributed by atoms with Crippen molar-refractivity contribution >= 4 is 32.8 Å². The number of sulfonamides is 1. The summed E-state index contributed by atoms with van der Waals surface area (Å²) < 4.78 is 29.2. The lowest BCUT2D eigenvalue weighted by atomic mass is 9.94. The molecule has 1 fully saturated rings. The van der Waals surface area contributed by atoms with Gasteiger partial charge in [-0.15, -0.1) is 0 Å². The largest absolute Gasteiger partial charge is 0.368 e. The highest BCUT2D eigenvalue weighted by molar-refractivity contribution is 7.89. The molecule has 0 bridgehead atoms. The van der Waals surface area contributed by atoms with E-state index in [4.69, 9.17) is 5.73 Å². The summed E-state index contributed by atoms with van der Waals surface area (Å²) in [5.74, 6) is -0.224. The lowest BCUT2D eigenvalue weighted by Gasteiger charge is -2.26. The Morgan fingerprint density at radius 1 is 0.944 bits per heavy atom. The number of hydrogen-bond donors (Lipinski definition) is 2. The van der Waals surface area contributed by atoms with E-state index in [0.717, 1.165) is 30.4 Å². The topological polar surface area (TPSA) is 118 Å². The number of nitrogens with one attached hydrogen (secondary N) is 1. The highest BCUT2D eigenvalue weighted by atomic mass is 32.2. The maximum atomic E-state index is 13.6. The molecule has 0 atom stereocenters. The highest BCUT2D eigenvalue weighted by Crippen LogP contribution is 2.33. The Balaban J connectivity index is 1.42.